The molecule has 0 saturated heterocycles. The third-order valence-electron chi connectivity index (χ3n) is 5.60. The van der Waals surface area contributed by atoms with Crippen LogP contribution in [0.3, 0.4) is 0 Å². The summed E-state index contributed by atoms with van der Waals surface area (Å²) in [4.78, 5) is 26.8. The van der Waals surface area contributed by atoms with Gasteiger partial charge in [-0.15, -0.1) is 0 Å². The predicted octanol–water partition coefficient (Wildman–Crippen LogP) is 4.34. The fourth-order valence-electron chi connectivity index (χ4n) is 3.59. The highest BCUT2D eigenvalue weighted by Gasteiger charge is 2.34. The van der Waals surface area contributed by atoms with E-state index in [1.165, 1.54) is 21.6 Å². The number of urea groups is 1. The van der Waals surface area contributed by atoms with Gasteiger partial charge in [0, 0.05) is 19.5 Å². The number of amides is 3. The molecule has 164 valence electrons. The summed E-state index contributed by atoms with van der Waals surface area (Å²) >= 11 is 0. The number of hydrazone groups is 1. The van der Waals surface area contributed by atoms with E-state index in [1.54, 1.807) is 12.1 Å². The normalized spacial score (nSPS) is 15.8. The van der Waals surface area contributed by atoms with E-state index >= 15 is 0 Å². The Labute approximate surface area is 184 Å². The summed E-state index contributed by atoms with van der Waals surface area (Å²) in [7, 11) is 1.63. The van der Waals surface area contributed by atoms with Crippen LogP contribution >= 0.6 is 0 Å². The van der Waals surface area contributed by atoms with E-state index in [9.17, 15) is 9.59 Å². The van der Waals surface area contributed by atoms with Crippen molar-refractivity contribution < 1.29 is 9.59 Å². The van der Waals surface area contributed by atoms with Gasteiger partial charge in [0.2, 0.25) is 0 Å². The van der Waals surface area contributed by atoms with Crippen molar-refractivity contribution in [1.82, 2.24) is 15.2 Å². The van der Waals surface area contributed by atoms with Crippen LogP contribution in [0.25, 0.3) is 0 Å². The van der Waals surface area contributed by atoms with Gasteiger partial charge >= 0.3 is 6.03 Å². The van der Waals surface area contributed by atoms with Crippen molar-refractivity contribution in [3.8, 4) is 0 Å². The minimum Gasteiger partial charge on any atom is -0.336 e. The predicted molar refractivity (Wildman–Crippen MR) is 124 cm³/mol. The number of carbonyl (C=O) groups excluding carboxylic acids is 2. The Morgan fingerprint density at radius 1 is 1.10 bits per heavy atom. The van der Waals surface area contributed by atoms with E-state index in [2.05, 4.69) is 37.4 Å². The zero-order valence-corrected chi connectivity index (χ0v) is 19.3. The molecule has 0 saturated carbocycles. The van der Waals surface area contributed by atoms with Gasteiger partial charge in [-0.05, 0) is 62.9 Å². The second kappa shape index (κ2) is 9.33. The summed E-state index contributed by atoms with van der Waals surface area (Å²) in [5.41, 5.74) is 6.54. The molecule has 6 heteroatoms. The minimum atomic E-state index is -0.271. The zero-order chi connectivity index (χ0) is 22.7. The molecule has 1 aliphatic rings. The standard InChI is InChI=1S/C25H32N4O2/c1-16(2)26-25(31)28(6)15-24(30)29-23(20-10-7-17(3)8-11-20)14-22(27-29)21-12-9-18(4)19(5)13-21/h7-13,16,23H,14-15H2,1-6H3,(H,26,31). The average Bonchev–Trinajstić information content (AvgIpc) is 3.15. The van der Waals surface area contributed by atoms with Gasteiger partial charge in [-0.2, -0.15) is 5.10 Å². The Balaban J connectivity index is 1.88. The lowest BCUT2D eigenvalue weighted by Crippen LogP contribution is -2.45. The first-order valence-electron chi connectivity index (χ1n) is 10.7. The minimum absolute atomic E-state index is 0.00606. The van der Waals surface area contributed by atoms with Gasteiger partial charge in [-0.1, -0.05) is 42.0 Å². The second-order valence-corrected chi connectivity index (χ2v) is 8.67. The van der Waals surface area contributed by atoms with E-state index in [0.29, 0.717) is 6.42 Å². The van der Waals surface area contributed by atoms with Crippen LogP contribution in [0.15, 0.2) is 47.6 Å². The number of nitrogens with one attached hydrogen (secondary N) is 1. The Morgan fingerprint density at radius 3 is 2.39 bits per heavy atom. The lowest BCUT2D eigenvalue weighted by molar-refractivity contribution is -0.133. The van der Waals surface area contributed by atoms with Crippen molar-refractivity contribution in [3.63, 3.8) is 0 Å². The van der Waals surface area contributed by atoms with Gasteiger partial charge in [-0.25, -0.2) is 9.80 Å². The molecular weight excluding hydrogens is 388 g/mol. The number of hydrogen-bond acceptors (Lipinski definition) is 3. The molecule has 2 aromatic carbocycles. The number of aryl methyl sites for hydroxylation is 3. The molecule has 1 unspecified atom stereocenters. The van der Waals surface area contributed by atoms with E-state index in [1.807, 2.05) is 45.0 Å². The van der Waals surface area contributed by atoms with Crippen molar-refractivity contribution in [2.45, 2.75) is 53.1 Å². The average molecular weight is 421 g/mol. The Bertz CT molecular complexity index is 995. The van der Waals surface area contributed by atoms with Crippen LogP contribution < -0.4 is 5.32 Å². The van der Waals surface area contributed by atoms with Gasteiger partial charge in [0.15, 0.2) is 0 Å². The molecule has 1 heterocycles. The number of rotatable bonds is 5. The molecule has 0 aliphatic carbocycles. The fraction of sp³-hybridized carbons (Fsp3) is 0.400. The Morgan fingerprint density at radius 2 is 1.77 bits per heavy atom. The van der Waals surface area contributed by atoms with Crippen LogP contribution in [0.4, 0.5) is 4.79 Å². The SMILES string of the molecule is Cc1ccc(C2CC(c3ccc(C)c(C)c3)=NN2C(=O)CN(C)C(=O)NC(C)C)cc1. The van der Waals surface area contributed by atoms with Crippen molar-refractivity contribution in [2.75, 3.05) is 13.6 Å². The lowest BCUT2D eigenvalue weighted by Gasteiger charge is -2.25. The molecule has 31 heavy (non-hydrogen) atoms. The van der Waals surface area contributed by atoms with E-state index in [4.69, 9.17) is 5.10 Å². The highest BCUT2D eigenvalue weighted by Crippen LogP contribution is 2.33. The maximum absolute atomic E-state index is 13.2. The first-order valence-corrected chi connectivity index (χ1v) is 10.7. The van der Waals surface area contributed by atoms with Crippen LogP contribution in [0, 0.1) is 20.8 Å². The number of nitrogens with zero attached hydrogens (tertiary/aromatic N) is 3. The molecule has 0 bridgehead atoms. The Kier molecular flexibility index (Phi) is 6.78. The van der Waals surface area contributed by atoms with Gasteiger partial charge in [0.05, 0.1) is 11.8 Å². The monoisotopic (exact) mass is 420 g/mol. The number of hydrogen-bond donors (Lipinski definition) is 1. The summed E-state index contributed by atoms with van der Waals surface area (Å²) in [6, 6.07) is 14.0. The molecule has 0 spiro atoms. The Hall–Kier alpha value is -3.15. The molecular formula is C25H32N4O2. The number of likely N-dealkylation sites (N-methyl/N-ethyl adjacent to an activating group) is 1. The van der Waals surface area contributed by atoms with Crippen LogP contribution in [0.2, 0.25) is 0 Å². The lowest BCUT2D eigenvalue weighted by atomic mass is 9.96. The van der Waals surface area contributed by atoms with Gasteiger partial charge in [0.25, 0.3) is 5.91 Å². The fourth-order valence-corrected chi connectivity index (χ4v) is 3.59. The van der Waals surface area contributed by atoms with Crippen molar-refractivity contribution in [2.24, 2.45) is 5.10 Å². The highest BCUT2D eigenvalue weighted by molar-refractivity contribution is 6.03. The van der Waals surface area contributed by atoms with E-state index in [-0.39, 0.29) is 30.6 Å². The summed E-state index contributed by atoms with van der Waals surface area (Å²) in [6.45, 7) is 9.95. The first-order chi connectivity index (χ1) is 14.7. The molecule has 2 aromatic rings. The van der Waals surface area contributed by atoms with Crippen LogP contribution in [-0.4, -0.2) is 47.2 Å². The maximum atomic E-state index is 13.2. The van der Waals surface area contributed by atoms with E-state index in [0.717, 1.165) is 16.8 Å². The summed E-state index contributed by atoms with van der Waals surface area (Å²) < 4.78 is 0. The molecule has 0 aromatic heterocycles. The quantitative estimate of drug-likeness (QED) is 0.782. The molecule has 6 nitrogen and oxygen atoms in total. The van der Waals surface area contributed by atoms with Crippen LogP contribution in [0.1, 0.15) is 54.1 Å². The van der Waals surface area contributed by atoms with Gasteiger partial charge in [0.1, 0.15) is 6.54 Å². The molecule has 0 fully saturated rings. The smallest absolute Gasteiger partial charge is 0.317 e. The third-order valence-corrected chi connectivity index (χ3v) is 5.60. The molecule has 3 amide bonds. The van der Waals surface area contributed by atoms with E-state index < -0.39 is 0 Å². The van der Waals surface area contributed by atoms with Crippen molar-refractivity contribution >= 4 is 17.6 Å². The van der Waals surface area contributed by atoms with Gasteiger partial charge < -0.3 is 10.2 Å². The zero-order valence-electron chi connectivity index (χ0n) is 19.3. The molecule has 1 N–H and O–H groups in total. The third kappa shape index (κ3) is 5.32. The van der Waals surface area contributed by atoms with Crippen molar-refractivity contribution in [3.05, 3.63) is 70.3 Å². The summed E-state index contributed by atoms with van der Waals surface area (Å²) in [5.74, 6) is -0.203. The molecule has 1 atom stereocenters. The summed E-state index contributed by atoms with van der Waals surface area (Å²) in [5, 5.41) is 9.09. The maximum Gasteiger partial charge on any atom is 0.317 e. The molecule has 3 rings (SSSR count). The number of carbonyl (C=O) groups is 2. The topological polar surface area (TPSA) is 65.0 Å². The highest BCUT2D eigenvalue weighted by atomic mass is 16.2. The van der Waals surface area contributed by atoms with Gasteiger partial charge in [-0.3, -0.25) is 4.79 Å². The van der Waals surface area contributed by atoms with Crippen molar-refractivity contribution in [1.29, 1.82) is 0 Å². The van der Waals surface area contributed by atoms with Crippen LogP contribution in [-0.2, 0) is 4.79 Å². The molecule has 1 aliphatic heterocycles. The summed E-state index contributed by atoms with van der Waals surface area (Å²) in [6.07, 6.45) is 0.638. The second-order valence-electron chi connectivity index (χ2n) is 8.67. The first kappa shape index (κ1) is 22.5. The van der Waals surface area contributed by atoms with Crippen LogP contribution in [0.5, 0.6) is 0 Å². The largest absolute Gasteiger partial charge is 0.336 e. The molecule has 0 radical (unpaired) electrons. The number of benzene rings is 2.